The Morgan fingerprint density at radius 1 is 0.500 bits per heavy atom. The summed E-state index contributed by atoms with van der Waals surface area (Å²) >= 11 is 0. The minimum Gasteiger partial charge on any atom is -0.300 e. The molecule has 0 amide bonds. The second-order valence-corrected chi connectivity index (χ2v) is 6.61. The van der Waals surface area contributed by atoms with Crippen LogP contribution in [0.1, 0.15) is 80.1 Å². The maximum absolute atomic E-state index is 2.59. The maximum Gasteiger partial charge on any atom is 0.00963 e. The van der Waals surface area contributed by atoms with Gasteiger partial charge in [-0.2, -0.15) is 0 Å². The van der Waals surface area contributed by atoms with Gasteiger partial charge in [0.15, 0.2) is 0 Å². The highest BCUT2D eigenvalue weighted by Gasteiger charge is 2.36. The van der Waals surface area contributed by atoms with Crippen molar-refractivity contribution >= 4 is 0 Å². The number of hydrogen-bond donors (Lipinski definition) is 0. The van der Waals surface area contributed by atoms with Crippen LogP contribution < -0.4 is 0 Å². The van der Waals surface area contributed by atoms with Gasteiger partial charge in [0.1, 0.15) is 0 Å². The Bertz CT molecular complexity index is 230. The molecule has 20 heavy (non-hydrogen) atoms. The van der Waals surface area contributed by atoms with E-state index in [1.54, 1.807) is 0 Å². The van der Waals surface area contributed by atoms with Crippen LogP contribution in [0.15, 0.2) is 0 Å². The first-order chi connectivity index (χ1) is 8.25. The second-order valence-electron chi connectivity index (χ2n) is 6.61. The van der Waals surface area contributed by atoms with Crippen LogP contribution in [0.2, 0.25) is 0 Å². The number of nitrogens with zero attached hydrogens (tertiary/aromatic N) is 2. The number of rotatable bonds is 0. The Morgan fingerprint density at radius 3 is 0.950 bits per heavy atom. The molecule has 122 valence electrons. The molecular formula is C18H40N2. The third-order valence-electron chi connectivity index (χ3n) is 5.88. The summed E-state index contributed by atoms with van der Waals surface area (Å²) in [7, 11) is 4.57. The van der Waals surface area contributed by atoms with Crippen LogP contribution in [-0.4, -0.2) is 48.1 Å². The van der Waals surface area contributed by atoms with Crippen molar-refractivity contribution in [3.63, 3.8) is 0 Å². The lowest BCUT2D eigenvalue weighted by atomic mass is 10.0. The smallest absolute Gasteiger partial charge is 0.00963 e. The lowest BCUT2D eigenvalue weighted by Gasteiger charge is -2.30. The molecule has 2 heteroatoms. The highest BCUT2D eigenvalue weighted by molar-refractivity contribution is 4.92. The van der Waals surface area contributed by atoms with Gasteiger partial charge in [0, 0.05) is 24.2 Å². The lowest BCUT2D eigenvalue weighted by molar-refractivity contribution is 0.179. The van der Waals surface area contributed by atoms with Crippen molar-refractivity contribution in [2.45, 2.75) is 104 Å². The zero-order valence-electron chi connectivity index (χ0n) is 11.6. The van der Waals surface area contributed by atoms with Gasteiger partial charge < -0.3 is 9.80 Å². The fourth-order valence-electron chi connectivity index (χ4n) is 4.55. The molecule has 0 saturated carbocycles. The molecule has 4 bridgehead atoms. The van der Waals surface area contributed by atoms with Crippen molar-refractivity contribution in [3.8, 4) is 0 Å². The standard InChI is InChI=1S/C8H15N.C7H13N.3CH4/c1-9-7-3-2-4-8(9)6-5-7;1-8-6-2-3-7(8)5-4-6;;;/h7-8H,2-6H2,1H3;6-7H,2-5H2,1H3;3*1H4. The van der Waals surface area contributed by atoms with E-state index < -0.39 is 0 Å². The second kappa shape index (κ2) is 8.38. The lowest BCUT2D eigenvalue weighted by Crippen LogP contribution is -2.35. The minimum atomic E-state index is 0. The van der Waals surface area contributed by atoms with Gasteiger partial charge >= 0.3 is 0 Å². The summed E-state index contributed by atoms with van der Waals surface area (Å²) in [6.45, 7) is 0. The number of fused-ring (bicyclic) bond motifs is 4. The van der Waals surface area contributed by atoms with Gasteiger partial charge in [-0.25, -0.2) is 0 Å². The highest BCUT2D eigenvalue weighted by Crippen LogP contribution is 2.35. The highest BCUT2D eigenvalue weighted by atomic mass is 15.2. The van der Waals surface area contributed by atoms with Gasteiger partial charge in [-0.3, -0.25) is 0 Å². The fraction of sp³-hybridized carbons (Fsp3) is 1.00. The summed E-state index contributed by atoms with van der Waals surface area (Å²) in [6, 6.07) is 3.87. The van der Waals surface area contributed by atoms with Crippen LogP contribution in [0.5, 0.6) is 0 Å². The van der Waals surface area contributed by atoms with Gasteiger partial charge in [-0.15, -0.1) is 0 Å². The topological polar surface area (TPSA) is 6.48 Å². The Hall–Kier alpha value is -0.0800. The van der Waals surface area contributed by atoms with E-state index in [1.165, 1.54) is 57.8 Å². The van der Waals surface area contributed by atoms with E-state index in [-0.39, 0.29) is 22.3 Å². The van der Waals surface area contributed by atoms with E-state index in [1.807, 2.05) is 0 Å². The van der Waals surface area contributed by atoms with Gasteiger partial charge in [0.25, 0.3) is 0 Å². The molecule has 4 heterocycles. The van der Waals surface area contributed by atoms with Crippen molar-refractivity contribution in [1.29, 1.82) is 0 Å². The molecule has 4 aliphatic rings. The quantitative estimate of drug-likeness (QED) is 0.631. The van der Waals surface area contributed by atoms with Crippen LogP contribution in [-0.2, 0) is 0 Å². The van der Waals surface area contributed by atoms with Gasteiger partial charge in [-0.1, -0.05) is 28.7 Å². The van der Waals surface area contributed by atoms with Crippen molar-refractivity contribution in [3.05, 3.63) is 0 Å². The molecule has 0 aliphatic carbocycles. The third-order valence-corrected chi connectivity index (χ3v) is 5.88. The van der Waals surface area contributed by atoms with E-state index in [0.717, 1.165) is 24.2 Å². The Labute approximate surface area is 128 Å². The molecule has 0 N–H and O–H groups in total. The van der Waals surface area contributed by atoms with Crippen molar-refractivity contribution in [1.82, 2.24) is 9.80 Å². The van der Waals surface area contributed by atoms with E-state index in [4.69, 9.17) is 0 Å². The molecule has 4 aliphatic heterocycles. The van der Waals surface area contributed by atoms with E-state index in [2.05, 4.69) is 23.9 Å². The summed E-state index contributed by atoms with van der Waals surface area (Å²) < 4.78 is 0. The molecule has 0 aromatic heterocycles. The normalized spacial score (nSPS) is 38.1. The predicted molar refractivity (Wildman–Crippen MR) is 92.4 cm³/mol. The molecule has 2 atom stereocenters. The zero-order chi connectivity index (χ0) is 11.8. The summed E-state index contributed by atoms with van der Waals surface area (Å²) in [5.74, 6) is 0. The Morgan fingerprint density at radius 2 is 0.750 bits per heavy atom. The molecule has 4 rings (SSSR count). The SMILES string of the molecule is C.C.C.CN1C2CCC1CC2.CN1C2CCCC1CC2. The van der Waals surface area contributed by atoms with Crippen molar-refractivity contribution in [2.24, 2.45) is 0 Å². The molecule has 4 saturated heterocycles. The van der Waals surface area contributed by atoms with Crippen LogP contribution >= 0.6 is 0 Å². The average Bonchev–Trinajstić information content (AvgIpc) is 2.92. The van der Waals surface area contributed by atoms with E-state index in [0.29, 0.717) is 0 Å². The molecule has 2 unspecified atom stereocenters. The Kier molecular flexibility index (Phi) is 8.35. The summed E-state index contributed by atoms with van der Waals surface area (Å²) in [5.41, 5.74) is 0. The average molecular weight is 285 g/mol. The molecule has 0 spiro atoms. The molecule has 4 fully saturated rings. The monoisotopic (exact) mass is 284 g/mol. The fourth-order valence-corrected chi connectivity index (χ4v) is 4.55. The first-order valence-electron chi connectivity index (χ1n) is 7.69. The molecular weight excluding hydrogens is 244 g/mol. The number of hydrogen-bond acceptors (Lipinski definition) is 2. The summed E-state index contributed by atoms with van der Waals surface area (Å²) in [6.07, 6.45) is 13.3. The van der Waals surface area contributed by atoms with Crippen molar-refractivity contribution < 1.29 is 0 Å². The number of piperidine rings is 1. The summed E-state index contributed by atoms with van der Waals surface area (Å²) in [4.78, 5) is 5.14. The van der Waals surface area contributed by atoms with Crippen molar-refractivity contribution in [2.75, 3.05) is 14.1 Å². The molecule has 0 aromatic rings. The van der Waals surface area contributed by atoms with Crippen LogP contribution in [0.4, 0.5) is 0 Å². The first kappa shape index (κ1) is 19.9. The molecule has 0 aromatic carbocycles. The van der Waals surface area contributed by atoms with Gasteiger partial charge in [-0.05, 0) is 65.5 Å². The van der Waals surface area contributed by atoms with Crippen LogP contribution in [0, 0.1) is 0 Å². The third kappa shape index (κ3) is 3.76. The van der Waals surface area contributed by atoms with E-state index in [9.17, 15) is 0 Å². The predicted octanol–water partition coefficient (Wildman–Crippen LogP) is 4.78. The van der Waals surface area contributed by atoms with Crippen LogP contribution in [0.25, 0.3) is 0 Å². The zero-order valence-corrected chi connectivity index (χ0v) is 11.6. The van der Waals surface area contributed by atoms with Crippen LogP contribution in [0.3, 0.4) is 0 Å². The van der Waals surface area contributed by atoms with Gasteiger partial charge in [0.05, 0.1) is 0 Å². The molecule has 2 nitrogen and oxygen atoms in total. The molecule has 0 radical (unpaired) electrons. The first-order valence-corrected chi connectivity index (χ1v) is 7.69. The maximum atomic E-state index is 2.59. The Balaban J connectivity index is 0.000000315. The summed E-state index contributed by atoms with van der Waals surface area (Å²) in [5, 5.41) is 0. The van der Waals surface area contributed by atoms with Gasteiger partial charge in [0.2, 0.25) is 0 Å². The minimum absolute atomic E-state index is 0. The largest absolute Gasteiger partial charge is 0.300 e. The van der Waals surface area contributed by atoms with E-state index >= 15 is 0 Å².